The van der Waals surface area contributed by atoms with Crippen molar-refractivity contribution in [2.24, 2.45) is 0 Å². The van der Waals surface area contributed by atoms with Gasteiger partial charge in [-0.05, 0) is 23.6 Å². The minimum Gasteiger partial charge on any atom is -0.496 e. The fourth-order valence-corrected chi connectivity index (χ4v) is 2.59. The van der Waals surface area contributed by atoms with Gasteiger partial charge in [0.05, 0.1) is 26.9 Å². The molecule has 2 aromatic rings. The maximum Gasteiger partial charge on any atom is 0.172 e. The van der Waals surface area contributed by atoms with E-state index in [0.717, 1.165) is 41.0 Å². The topological polar surface area (TPSA) is 27.7 Å². The summed E-state index contributed by atoms with van der Waals surface area (Å²) in [5.41, 5.74) is 3.14. The third-order valence-electron chi connectivity index (χ3n) is 3.48. The molecular weight excluding hydrogens is 264 g/mol. The molecule has 0 atom stereocenters. The summed E-state index contributed by atoms with van der Waals surface area (Å²) in [6.07, 6.45) is 1.98. The summed E-state index contributed by atoms with van der Waals surface area (Å²) in [4.78, 5) is 0. The molecule has 0 saturated carbocycles. The van der Waals surface area contributed by atoms with Crippen LogP contribution < -0.4 is 14.2 Å². The molecule has 0 heterocycles. The molecule has 0 N–H and O–H groups in total. The van der Waals surface area contributed by atoms with E-state index in [0.29, 0.717) is 5.75 Å². The minimum absolute atomic E-state index is 0.709. The Labute approximate surface area is 126 Å². The van der Waals surface area contributed by atoms with Gasteiger partial charge in [-0.3, -0.25) is 0 Å². The molecule has 0 aliphatic rings. The quantitative estimate of drug-likeness (QED) is 0.791. The van der Waals surface area contributed by atoms with Gasteiger partial charge in [-0.2, -0.15) is 0 Å². The molecule has 112 valence electrons. The van der Waals surface area contributed by atoms with Crippen LogP contribution >= 0.6 is 0 Å². The standard InChI is InChI=1S/C18H22O3/c1-5-9-14-12-15(19-2)18(21-4)16(17(14)20-3)13-10-7-6-8-11-13/h6-8,10-12H,5,9H2,1-4H3. The molecule has 0 aliphatic heterocycles. The average Bonchev–Trinajstić information content (AvgIpc) is 2.54. The number of methoxy groups -OCH3 is 3. The molecule has 0 spiro atoms. The second kappa shape index (κ2) is 7.02. The van der Waals surface area contributed by atoms with Gasteiger partial charge < -0.3 is 14.2 Å². The van der Waals surface area contributed by atoms with Gasteiger partial charge in [0.25, 0.3) is 0 Å². The van der Waals surface area contributed by atoms with Crippen LogP contribution in [-0.4, -0.2) is 21.3 Å². The number of hydrogen-bond acceptors (Lipinski definition) is 3. The number of benzene rings is 2. The predicted molar refractivity (Wildman–Crippen MR) is 85.5 cm³/mol. The Morgan fingerprint density at radius 2 is 1.52 bits per heavy atom. The van der Waals surface area contributed by atoms with Crippen molar-refractivity contribution < 1.29 is 14.2 Å². The van der Waals surface area contributed by atoms with Crippen molar-refractivity contribution in [3.05, 3.63) is 42.0 Å². The molecule has 0 unspecified atom stereocenters. The largest absolute Gasteiger partial charge is 0.496 e. The van der Waals surface area contributed by atoms with Crippen molar-refractivity contribution in [3.63, 3.8) is 0 Å². The Balaban J connectivity index is 2.76. The summed E-state index contributed by atoms with van der Waals surface area (Å²) in [5, 5.41) is 0. The zero-order chi connectivity index (χ0) is 15.2. The van der Waals surface area contributed by atoms with E-state index in [1.165, 1.54) is 0 Å². The summed E-state index contributed by atoms with van der Waals surface area (Å²) >= 11 is 0. The fourth-order valence-electron chi connectivity index (χ4n) is 2.59. The van der Waals surface area contributed by atoms with E-state index in [-0.39, 0.29) is 0 Å². The van der Waals surface area contributed by atoms with Gasteiger partial charge in [-0.25, -0.2) is 0 Å². The van der Waals surface area contributed by atoms with Crippen molar-refractivity contribution in [2.45, 2.75) is 19.8 Å². The molecule has 2 aromatic carbocycles. The Morgan fingerprint density at radius 1 is 0.857 bits per heavy atom. The van der Waals surface area contributed by atoms with Gasteiger partial charge in [0, 0.05) is 0 Å². The summed E-state index contributed by atoms with van der Waals surface area (Å²) in [7, 11) is 5.02. The van der Waals surface area contributed by atoms with Crippen LogP contribution in [0.2, 0.25) is 0 Å². The predicted octanol–water partition coefficient (Wildman–Crippen LogP) is 4.33. The number of rotatable bonds is 6. The maximum absolute atomic E-state index is 5.69. The summed E-state index contributed by atoms with van der Waals surface area (Å²) in [5.74, 6) is 2.31. The van der Waals surface area contributed by atoms with Crippen LogP contribution in [0.5, 0.6) is 17.2 Å². The van der Waals surface area contributed by atoms with Gasteiger partial charge >= 0.3 is 0 Å². The van der Waals surface area contributed by atoms with Crippen molar-refractivity contribution in [1.29, 1.82) is 0 Å². The molecule has 0 bridgehead atoms. The summed E-state index contributed by atoms with van der Waals surface area (Å²) in [6, 6.07) is 12.1. The molecule has 3 heteroatoms. The zero-order valence-electron chi connectivity index (χ0n) is 13.1. The third-order valence-corrected chi connectivity index (χ3v) is 3.48. The maximum atomic E-state index is 5.69. The lowest BCUT2D eigenvalue weighted by atomic mass is 9.97. The summed E-state index contributed by atoms with van der Waals surface area (Å²) < 4.78 is 16.8. The van der Waals surface area contributed by atoms with Gasteiger partial charge in [-0.1, -0.05) is 43.7 Å². The lowest BCUT2D eigenvalue weighted by Crippen LogP contribution is -2.01. The van der Waals surface area contributed by atoms with Crippen LogP contribution in [0.15, 0.2) is 36.4 Å². The Morgan fingerprint density at radius 3 is 2.05 bits per heavy atom. The zero-order valence-corrected chi connectivity index (χ0v) is 13.1. The van der Waals surface area contributed by atoms with Crippen LogP contribution in [0.3, 0.4) is 0 Å². The number of aryl methyl sites for hydroxylation is 1. The molecule has 21 heavy (non-hydrogen) atoms. The van der Waals surface area contributed by atoms with Crippen LogP contribution in [0.1, 0.15) is 18.9 Å². The van der Waals surface area contributed by atoms with Crippen molar-refractivity contribution in [3.8, 4) is 28.4 Å². The minimum atomic E-state index is 0.709. The second-order valence-electron chi connectivity index (χ2n) is 4.80. The average molecular weight is 286 g/mol. The lowest BCUT2D eigenvalue weighted by Gasteiger charge is -2.20. The van der Waals surface area contributed by atoms with E-state index in [4.69, 9.17) is 14.2 Å². The molecule has 3 nitrogen and oxygen atoms in total. The van der Waals surface area contributed by atoms with Crippen LogP contribution in [0.4, 0.5) is 0 Å². The van der Waals surface area contributed by atoms with Crippen LogP contribution in [0.25, 0.3) is 11.1 Å². The van der Waals surface area contributed by atoms with Gasteiger partial charge in [0.2, 0.25) is 0 Å². The molecular formula is C18H22O3. The van der Waals surface area contributed by atoms with Gasteiger partial charge in [0.1, 0.15) is 5.75 Å². The van der Waals surface area contributed by atoms with Crippen molar-refractivity contribution in [2.75, 3.05) is 21.3 Å². The van der Waals surface area contributed by atoms with E-state index >= 15 is 0 Å². The molecule has 0 radical (unpaired) electrons. The highest BCUT2D eigenvalue weighted by Gasteiger charge is 2.21. The fraction of sp³-hybridized carbons (Fsp3) is 0.333. The van der Waals surface area contributed by atoms with E-state index in [9.17, 15) is 0 Å². The van der Waals surface area contributed by atoms with E-state index in [1.807, 2.05) is 24.3 Å². The van der Waals surface area contributed by atoms with E-state index in [1.54, 1.807) is 21.3 Å². The molecule has 0 saturated heterocycles. The highest BCUT2D eigenvalue weighted by atomic mass is 16.5. The normalized spacial score (nSPS) is 10.3. The SMILES string of the molecule is CCCc1cc(OC)c(OC)c(-c2ccccc2)c1OC. The highest BCUT2D eigenvalue weighted by Crippen LogP contribution is 2.46. The van der Waals surface area contributed by atoms with Gasteiger partial charge in [0.15, 0.2) is 11.5 Å². The van der Waals surface area contributed by atoms with E-state index < -0.39 is 0 Å². The first-order valence-corrected chi connectivity index (χ1v) is 7.14. The number of ether oxygens (including phenoxy) is 3. The smallest absolute Gasteiger partial charge is 0.172 e. The third kappa shape index (κ3) is 2.97. The Hall–Kier alpha value is -2.16. The monoisotopic (exact) mass is 286 g/mol. The number of hydrogen-bond donors (Lipinski definition) is 0. The first-order chi connectivity index (χ1) is 10.3. The van der Waals surface area contributed by atoms with Gasteiger partial charge in [-0.15, -0.1) is 0 Å². The van der Waals surface area contributed by atoms with Crippen molar-refractivity contribution in [1.82, 2.24) is 0 Å². The molecule has 2 rings (SSSR count). The molecule has 0 fully saturated rings. The van der Waals surface area contributed by atoms with E-state index in [2.05, 4.69) is 19.1 Å². The lowest BCUT2D eigenvalue weighted by molar-refractivity contribution is 0.349. The Kier molecular flexibility index (Phi) is 5.09. The molecule has 0 amide bonds. The first-order valence-electron chi connectivity index (χ1n) is 7.14. The first kappa shape index (κ1) is 15.2. The summed E-state index contributed by atoms with van der Waals surface area (Å²) in [6.45, 7) is 2.15. The van der Waals surface area contributed by atoms with Crippen molar-refractivity contribution >= 4 is 0 Å². The Bertz CT molecular complexity index is 591. The highest BCUT2D eigenvalue weighted by molar-refractivity contribution is 5.81. The van der Waals surface area contributed by atoms with Crippen LogP contribution in [0, 0.1) is 0 Å². The second-order valence-corrected chi connectivity index (χ2v) is 4.80. The van der Waals surface area contributed by atoms with Crippen LogP contribution in [-0.2, 0) is 6.42 Å². The molecule has 0 aromatic heterocycles. The molecule has 0 aliphatic carbocycles.